The molecule has 0 unspecified atom stereocenters. The summed E-state index contributed by atoms with van der Waals surface area (Å²) in [6.07, 6.45) is 0.670. The lowest BCUT2D eigenvalue weighted by Crippen LogP contribution is -2.34. The molecule has 110 valence electrons. The van der Waals surface area contributed by atoms with E-state index in [0.29, 0.717) is 28.6 Å². The van der Waals surface area contributed by atoms with Crippen molar-refractivity contribution >= 4 is 40.8 Å². The number of amides is 1. The summed E-state index contributed by atoms with van der Waals surface area (Å²) in [5.41, 5.74) is -0.662. The number of nitrogens with one attached hydrogen (secondary N) is 1. The Morgan fingerprint density at radius 2 is 1.85 bits per heavy atom. The summed E-state index contributed by atoms with van der Waals surface area (Å²) in [7, 11) is 0. The Balaban J connectivity index is 2.86. The highest BCUT2D eigenvalue weighted by atomic mass is 35.5. The van der Waals surface area contributed by atoms with Crippen molar-refractivity contribution in [3.05, 3.63) is 28.2 Å². The highest BCUT2D eigenvalue weighted by Gasteiger charge is 2.37. The molecule has 0 spiro atoms. The summed E-state index contributed by atoms with van der Waals surface area (Å²) >= 11 is 11.8. The van der Waals surface area contributed by atoms with Crippen LogP contribution in [0.3, 0.4) is 0 Å². The summed E-state index contributed by atoms with van der Waals surface area (Å²) in [6.45, 7) is 3.52. The van der Waals surface area contributed by atoms with Gasteiger partial charge in [0.2, 0.25) is 5.91 Å². The van der Waals surface area contributed by atoms with Crippen molar-refractivity contribution in [2.24, 2.45) is 5.41 Å². The van der Waals surface area contributed by atoms with E-state index in [-0.39, 0.29) is 12.3 Å². The quantitative estimate of drug-likeness (QED) is 0.825. The van der Waals surface area contributed by atoms with Crippen molar-refractivity contribution < 1.29 is 14.7 Å². The summed E-state index contributed by atoms with van der Waals surface area (Å²) in [6, 6.07) is 4.71. The predicted octanol–water partition coefficient (Wildman–Crippen LogP) is 4.21. The highest BCUT2D eigenvalue weighted by Crippen LogP contribution is 2.32. The molecule has 6 heteroatoms. The van der Waals surface area contributed by atoms with Crippen molar-refractivity contribution in [1.82, 2.24) is 0 Å². The third-order valence-corrected chi connectivity index (χ3v) is 4.07. The van der Waals surface area contributed by atoms with Gasteiger partial charge in [-0.15, -0.1) is 0 Å². The molecule has 0 saturated carbocycles. The number of carbonyl (C=O) groups is 2. The Bertz CT molecular complexity index is 513. The molecule has 1 aromatic carbocycles. The third kappa shape index (κ3) is 3.87. The van der Waals surface area contributed by atoms with E-state index in [1.165, 1.54) is 6.07 Å². The second kappa shape index (κ2) is 6.95. The molecule has 0 aliphatic carbocycles. The fourth-order valence-electron chi connectivity index (χ4n) is 1.97. The molecule has 4 nitrogen and oxygen atoms in total. The van der Waals surface area contributed by atoms with Crippen molar-refractivity contribution in [2.75, 3.05) is 5.32 Å². The van der Waals surface area contributed by atoms with E-state index in [4.69, 9.17) is 23.2 Å². The number of carbonyl (C=O) groups excluding carboxylic acids is 1. The summed E-state index contributed by atoms with van der Waals surface area (Å²) in [5, 5.41) is 12.7. The minimum atomic E-state index is -1.05. The largest absolute Gasteiger partial charge is 0.481 e. The van der Waals surface area contributed by atoms with Crippen LogP contribution < -0.4 is 5.32 Å². The minimum absolute atomic E-state index is 0.0990. The predicted molar refractivity (Wildman–Crippen MR) is 80.4 cm³/mol. The average molecular weight is 318 g/mol. The van der Waals surface area contributed by atoms with Gasteiger partial charge in [-0.25, -0.2) is 0 Å². The molecule has 0 saturated heterocycles. The van der Waals surface area contributed by atoms with E-state index >= 15 is 0 Å². The van der Waals surface area contributed by atoms with Gasteiger partial charge in [-0.1, -0.05) is 37.0 Å². The van der Waals surface area contributed by atoms with E-state index in [2.05, 4.69) is 5.32 Å². The Kier molecular flexibility index (Phi) is 5.84. The summed E-state index contributed by atoms with van der Waals surface area (Å²) in [5.74, 6) is -1.35. The normalized spacial score (nSPS) is 11.2. The maximum absolute atomic E-state index is 12.0. The molecular formula is C14H17Cl2NO3. The van der Waals surface area contributed by atoms with Gasteiger partial charge >= 0.3 is 5.97 Å². The average Bonchev–Trinajstić information content (AvgIpc) is 2.40. The van der Waals surface area contributed by atoms with Crippen LogP contribution in [0.2, 0.25) is 10.0 Å². The number of carboxylic acid groups (broad SMARTS) is 1. The number of hydrogen-bond donors (Lipinski definition) is 2. The van der Waals surface area contributed by atoms with Crippen LogP contribution in [0.15, 0.2) is 18.2 Å². The molecule has 0 aliphatic rings. The van der Waals surface area contributed by atoms with E-state index < -0.39 is 11.4 Å². The van der Waals surface area contributed by atoms with Crippen molar-refractivity contribution in [2.45, 2.75) is 33.1 Å². The van der Waals surface area contributed by atoms with Gasteiger partial charge in [0.05, 0.1) is 16.1 Å². The van der Waals surface area contributed by atoms with E-state index in [1.54, 1.807) is 26.0 Å². The van der Waals surface area contributed by atoms with Gasteiger partial charge in [0, 0.05) is 11.4 Å². The van der Waals surface area contributed by atoms with Crippen molar-refractivity contribution in [1.29, 1.82) is 0 Å². The molecule has 1 aromatic rings. The first kappa shape index (κ1) is 16.8. The zero-order chi connectivity index (χ0) is 15.3. The van der Waals surface area contributed by atoms with E-state index in [0.717, 1.165) is 0 Å². The molecule has 0 bridgehead atoms. The monoisotopic (exact) mass is 317 g/mol. The second-order valence-electron chi connectivity index (χ2n) is 4.64. The van der Waals surface area contributed by atoms with Crippen LogP contribution in [0.4, 0.5) is 5.69 Å². The molecule has 0 aromatic heterocycles. The van der Waals surface area contributed by atoms with Crippen molar-refractivity contribution in [3.8, 4) is 0 Å². The lowest BCUT2D eigenvalue weighted by Gasteiger charge is -2.25. The van der Waals surface area contributed by atoms with Crippen LogP contribution in [0, 0.1) is 5.41 Å². The van der Waals surface area contributed by atoms with Gasteiger partial charge in [0.1, 0.15) is 0 Å². The zero-order valence-corrected chi connectivity index (χ0v) is 12.9. The molecule has 1 rings (SSSR count). The molecular weight excluding hydrogens is 301 g/mol. The first-order valence-electron chi connectivity index (χ1n) is 6.33. The highest BCUT2D eigenvalue weighted by molar-refractivity contribution is 6.35. The SMILES string of the molecule is CCC(CC)(CC(=O)Nc1cc(Cl)ccc1Cl)C(=O)O. The molecule has 0 heterocycles. The number of carboxylic acids is 1. The first-order chi connectivity index (χ1) is 9.34. The van der Waals surface area contributed by atoms with Gasteiger partial charge in [0.15, 0.2) is 0 Å². The molecule has 0 aliphatic heterocycles. The molecule has 0 fully saturated rings. The second-order valence-corrected chi connectivity index (χ2v) is 5.49. The molecule has 20 heavy (non-hydrogen) atoms. The molecule has 2 N–H and O–H groups in total. The van der Waals surface area contributed by atoms with Gasteiger partial charge in [0.25, 0.3) is 0 Å². The Hall–Kier alpha value is -1.26. The van der Waals surface area contributed by atoms with Crippen LogP contribution in [-0.4, -0.2) is 17.0 Å². The lowest BCUT2D eigenvalue weighted by atomic mass is 9.79. The van der Waals surface area contributed by atoms with Crippen molar-refractivity contribution in [3.63, 3.8) is 0 Å². The number of rotatable bonds is 6. The van der Waals surface area contributed by atoms with Crippen LogP contribution in [0.25, 0.3) is 0 Å². The smallest absolute Gasteiger partial charge is 0.310 e. The third-order valence-electron chi connectivity index (χ3n) is 3.51. The molecule has 1 amide bonds. The number of halogens is 2. The number of aliphatic carboxylic acids is 1. The molecule has 0 atom stereocenters. The van der Waals surface area contributed by atoms with Crippen LogP contribution in [-0.2, 0) is 9.59 Å². The first-order valence-corrected chi connectivity index (χ1v) is 7.08. The Labute approximate surface area is 128 Å². The molecule has 0 radical (unpaired) electrons. The van der Waals surface area contributed by atoms with Crippen LogP contribution in [0.5, 0.6) is 0 Å². The topological polar surface area (TPSA) is 66.4 Å². The lowest BCUT2D eigenvalue weighted by molar-refractivity contribution is -0.151. The van der Waals surface area contributed by atoms with Gasteiger partial charge < -0.3 is 10.4 Å². The maximum Gasteiger partial charge on any atom is 0.310 e. The van der Waals surface area contributed by atoms with E-state index in [1.807, 2.05) is 0 Å². The maximum atomic E-state index is 12.0. The van der Waals surface area contributed by atoms with Crippen LogP contribution in [0.1, 0.15) is 33.1 Å². The van der Waals surface area contributed by atoms with Gasteiger partial charge in [-0.05, 0) is 31.0 Å². The summed E-state index contributed by atoms with van der Waals surface area (Å²) in [4.78, 5) is 23.4. The summed E-state index contributed by atoms with van der Waals surface area (Å²) < 4.78 is 0. The fraction of sp³-hybridized carbons (Fsp3) is 0.429. The van der Waals surface area contributed by atoms with E-state index in [9.17, 15) is 14.7 Å². The van der Waals surface area contributed by atoms with Crippen LogP contribution >= 0.6 is 23.2 Å². The fourth-order valence-corrected chi connectivity index (χ4v) is 2.31. The van der Waals surface area contributed by atoms with Gasteiger partial charge in [-0.3, -0.25) is 9.59 Å². The number of benzene rings is 1. The van der Waals surface area contributed by atoms with Gasteiger partial charge in [-0.2, -0.15) is 0 Å². The minimum Gasteiger partial charge on any atom is -0.481 e. The zero-order valence-electron chi connectivity index (χ0n) is 11.4. The standard InChI is InChI=1S/C14H17Cl2NO3/c1-3-14(4-2,13(19)20)8-12(18)17-11-7-9(15)5-6-10(11)16/h5-7H,3-4,8H2,1-2H3,(H,17,18)(H,19,20). The number of anilines is 1. The Morgan fingerprint density at radius 1 is 1.25 bits per heavy atom. The number of hydrogen-bond acceptors (Lipinski definition) is 2. The Morgan fingerprint density at radius 3 is 2.35 bits per heavy atom.